The first-order valence-electron chi connectivity index (χ1n) is 8.79. The van der Waals surface area contributed by atoms with Gasteiger partial charge in [-0.05, 0) is 37.7 Å². The summed E-state index contributed by atoms with van der Waals surface area (Å²) in [5.74, 6) is 1.08. The molecule has 1 aliphatic rings. The molecule has 5 nitrogen and oxygen atoms in total. The topological polar surface area (TPSA) is 56.7 Å². The summed E-state index contributed by atoms with van der Waals surface area (Å²) in [6, 6.07) is 8.40. The van der Waals surface area contributed by atoms with Gasteiger partial charge in [0, 0.05) is 44.4 Å². The highest BCUT2D eigenvalue weighted by atomic mass is 127. The zero-order valence-corrected chi connectivity index (χ0v) is 19.3. The summed E-state index contributed by atoms with van der Waals surface area (Å²) in [6.45, 7) is 7.57. The number of thioether (sulfide) groups is 1. The van der Waals surface area contributed by atoms with E-state index in [9.17, 15) is 4.79 Å². The normalized spacial score (nSPS) is 15.0. The number of rotatable bonds is 7. The molecule has 0 unspecified atom stereocenters. The highest BCUT2D eigenvalue weighted by Gasteiger charge is 2.20. The van der Waals surface area contributed by atoms with Gasteiger partial charge < -0.3 is 15.5 Å². The van der Waals surface area contributed by atoms with E-state index in [1.54, 1.807) is 7.05 Å². The molecule has 2 N–H and O–H groups in total. The van der Waals surface area contributed by atoms with E-state index < -0.39 is 0 Å². The van der Waals surface area contributed by atoms with Crippen molar-refractivity contribution in [3.8, 4) is 0 Å². The molecule has 0 radical (unpaired) electrons. The number of nitrogens with zero attached hydrogens (tertiary/aromatic N) is 2. The first-order chi connectivity index (χ1) is 11.9. The molecule has 1 saturated heterocycles. The molecule has 1 aliphatic heterocycles. The highest BCUT2D eigenvalue weighted by molar-refractivity contribution is 14.0. The van der Waals surface area contributed by atoms with E-state index >= 15 is 0 Å². The molecule has 0 bridgehead atoms. The second kappa shape index (κ2) is 11.0. The summed E-state index contributed by atoms with van der Waals surface area (Å²) >= 11 is 1.83. The van der Waals surface area contributed by atoms with Crippen molar-refractivity contribution in [2.24, 2.45) is 4.99 Å². The van der Waals surface area contributed by atoms with Gasteiger partial charge in [-0.3, -0.25) is 9.79 Å². The molecule has 7 heteroatoms. The maximum absolute atomic E-state index is 11.8. The lowest BCUT2D eigenvalue weighted by molar-refractivity contribution is -0.128. The predicted octanol–water partition coefficient (Wildman–Crippen LogP) is 3.23. The third-order valence-electron chi connectivity index (χ3n) is 4.45. The molecule has 1 amide bonds. The van der Waals surface area contributed by atoms with Crippen LogP contribution < -0.4 is 10.6 Å². The zero-order valence-electron chi connectivity index (χ0n) is 16.2. The molecule has 26 heavy (non-hydrogen) atoms. The van der Waals surface area contributed by atoms with E-state index in [2.05, 4.69) is 60.0 Å². The van der Waals surface area contributed by atoms with Gasteiger partial charge in [-0.1, -0.05) is 24.3 Å². The Morgan fingerprint density at radius 2 is 2.04 bits per heavy atom. The minimum absolute atomic E-state index is 0. The number of hydrogen-bond donors (Lipinski definition) is 2. The maximum Gasteiger partial charge on any atom is 0.222 e. The Kier molecular flexibility index (Phi) is 9.78. The van der Waals surface area contributed by atoms with E-state index in [4.69, 9.17) is 0 Å². The summed E-state index contributed by atoms with van der Waals surface area (Å²) in [5, 5.41) is 6.74. The van der Waals surface area contributed by atoms with E-state index in [0.29, 0.717) is 19.5 Å². The Balaban J connectivity index is 0.00000338. The predicted molar refractivity (Wildman–Crippen MR) is 122 cm³/mol. The van der Waals surface area contributed by atoms with Crippen LogP contribution in [0.4, 0.5) is 0 Å². The van der Waals surface area contributed by atoms with Crippen molar-refractivity contribution in [3.63, 3.8) is 0 Å². The number of amides is 1. The highest BCUT2D eigenvalue weighted by Crippen LogP contribution is 2.19. The van der Waals surface area contributed by atoms with Gasteiger partial charge in [-0.15, -0.1) is 24.0 Å². The van der Waals surface area contributed by atoms with Gasteiger partial charge in [-0.2, -0.15) is 11.8 Å². The van der Waals surface area contributed by atoms with Gasteiger partial charge in [0.25, 0.3) is 0 Å². The van der Waals surface area contributed by atoms with Crippen molar-refractivity contribution in [1.29, 1.82) is 0 Å². The largest absolute Gasteiger partial charge is 0.355 e. The number of guanidine groups is 1. The standard InChI is InChI=1S/C19H30N4OS.HI/c1-19(2,25-4)14-22-18(20-3)21-12-15-7-5-8-16(11-15)13-23-10-6-9-17(23)24;/h5,7-8,11H,6,9-10,12-14H2,1-4H3,(H2,20,21,22);1H. The molecular weight excluding hydrogens is 459 g/mol. The Morgan fingerprint density at radius 1 is 1.31 bits per heavy atom. The van der Waals surface area contributed by atoms with E-state index in [-0.39, 0.29) is 34.6 Å². The molecule has 2 rings (SSSR count). The minimum atomic E-state index is 0. The summed E-state index contributed by atoms with van der Waals surface area (Å²) in [5.41, 5.74) is 2.37. The third kappa shape index (κ3) is 7.34. The fraction of sp³-hybridized carbons (Fsp3) is 0.579. The molecule has 0 spiro atoms. The summed E-state index contributed by atoms with van der Waals surface area (Å²) in [7, 11) is 1.79. The van der Waals surface area contributed by atoms with Crippen LogP contribution in [0.5, 0.6) is 0 Å². The number of likely N-dealkylation sites (tertiary alicyclic amines) is 1. The fourth-order valence-corrected chi connectivity index (χ4v) is 2.92. The van der Waals surface area contributed by atoms with Gasteiger partial charge in [0.05, 0.1) is 0 Å². The lowest BCUT2D eigenvalue weighted by Gasteiger charge is -2.23. The van der Waals surface area contributed by atoms with Crippen LogP contribution in [0.15, 0.2) is 29.3 Å². The van der Waals surface area contributed by atoms with Gasteiger partial charge in [0.1, 0.15) is 0 Å². The van der Waals surface area contributed by atoms with Crippen LogP contribution in [0.1, 0.15) is 37.8 Å². The van der Waals surface area contributed by atoms with E-state index in [1.165, 1.54) is 11.1 Å². The average molecular weight is 490 g/mol. The maximum atomic E-state index is 11.8. The molecule has 0 aliphatic carbocycles. The van der Waals surface area contributed by atoms with E-state index in [0.717, 1.165) is 25.5 Å². The number of benzene rings is 1. The Bertz CT molecular complexity index is 621. The molecular formula is C19H31IN4OS. The van der Waals surface area contributed by atoms with Gasteiger partial charge >= 0.3 is 0 Å². The van der Waals surface area contributed by atoms with Crippen molar-refractivity contribution >= 4 is 47.6 Å². The number of hydrogen-bond acceptors (Lipinski definition) is 3. The van der Waals surface area contributed by atoms with Crippen LogP contribution in [-0.2, 0) is 17.9 Å². The molecule has 0 atom stereocenters. The second-order valence-electron chi connectivity index (χ2n) is 6.98. The lowest BCUT2D eigenvalue weighted by Crippen LogP contribution is -2.43. The van der Waals surface area contributed by atoms with Crippen LogP contribution in [0.3, 0.4) is 0 Å². The monoisotopic (exact) mass is 490 g/mol. The second-order valence-corrected chi connectivity index (χ2v) is 8.50. The summed E-state index contributed by atoms with van der Waals surface area (Å²) in [6.07, 6.45) is 3.79. The zero-order chi connectivity index (χ0) is 18.3. The fourth-order valence-electron chi connectivity index (χ4n) is 2.70. The van der Waals surface area contributed by atoms with Crippen molar-refractivity contribution < 1.29 is 4.79 Å². The van der Waals surface area contributed by atoms with Crippen LogP contribution in [0.2, 0.25) is 0 Å². The molecule has 146 valence electrons. The smallest absolute Gasteiger partial charge is 0.222 e. The first-order valence-corrected chi connectivity index (χ1v) is 10.0. The van der Waals surface area contributed by atoms with Crippen LogP contribution >= 0.6 is 35.7 Å². The molecule has 1 aromatic rings. The molecule has 0 aromatic heterocycles. The van der Waals surface area contributed by atoms with Gasteiger partial charge in [-0.25, -0.2) is 0 Å². The van der Waals surface area contributed by atoms with Gasteiger partial charge in [0.15, 0.2) is 5.96 Å². The number of halogens is 1. The van der Waals surface area contributed by atoms with Gasteiger partial charge in [0.2, 0.25) is 5.91 Å². The Hall–Kier alpha value is -0.960. The van der Waals surface area contributed by atoms with Crippen LogP contribution in [0.25, 0.3) is 0 Å². The quantitative estimate of drug-likeness (QED) is 0.350. The molecule has 1 aromatic carbocycles. The molecule has 1 heterocycles. The SMILES string of the molecule is CN=C(NCc1cccc(CN2CCCC2=O)c1)NCC(C)(C)SC.I. The average Bonchev–Trinajstić information content (AvgIpc) is 3.00. The summed E-state index contributed by atoms with van der Waals surface area (Å²) < 4.78 is 0.166. The molecule has 0 saturated carbocycles. The van der Waals surface area contributed by atoms with Crippen molar-refractivity contribution in [2.45, 2.75) is 44.5 Å². The number of aliphatic imine (C=N–C) groups is 1. The minimum Gasteiger partial charge on any atom is -0.355 e. The molecule has 1 fully saturated rings. The Labute approximate surface area is 178 Å². The van der Waals surface area contributed by atoms with Crippen molar-refractivity contribution in [2.75, 3.05) is 26.4 Å². The third-order valence-corrected chi connectivity index (χ3v) is 5.70. The Morgan fingerprint density at radius 3 is 2.65 bits per heavy atom. The summed E-state index contributed by atoms with van der Waals surface area (Å²) in [4.78, 5) is 18.0. The van der Waals surface area contributed by atoms with Crippen molar-refractivity contribution in [3.05, 3.63) is 35.4 Å². The number of carbonyl (C=O) groups is 1. The van der Waals surface area contributed by atoms with Crippen LogP contribution in [-0.4, -0.2) is 47.9 Å². The van der Waals surface area contributed by atoms with E-state index in [1.807, 2.05) is 16.7 Å². The van der Waals surface area contributed by atoms with Crippen LogP contribution in [0, 0.1) is 0 Å². The lowest BCUT2D eigenvalue weighted by atomic mass is 10.1. The number of nitrogens with one attached hydrogen (secondary N) is 2. The first kappa shape index (κ1) is 23.1. The number of carbonyl (C=O) groups excluding carboxylic acids is 1. The van der Waals surface area contributed by atoms with Crippen molar-refractivity contribution in [1.82, 2.24) is 15.5 Å².